The fourth-order valence-corrected chi connectivity index (χ4v) is 3.52. The molecule has 0 aromatic heterocycles. The van der Waals surface area contributed by atoms with Crippen LogP contribution < -0.4 is 5.32 Å². The Kier molecular flexibility index (Phi) is 7.13. The number of nitro groups is 1. The van der Waals surface area contributed by atoms with E-state index in [1.165, 1.54) is 12.1 Å². The molecule has 0 spiro atoms. The number of para-hydroxylation sites is 1. The molecule has 2 aromatic rings. The highest BCUT2D eigenvalue weighted by molar-refractivity contribution is 5.93. The number of nitrogens with one attached hydrogen (secondary N) is 1. The zero-order valence-corrected chi connectivity index (χ0v) is 17.0. The van der Waals surface area contributed by atoms with Crippen LogP contribution in [0.2, 0.25) is 0 Å². The molecule has 1 fully saturated rings. The maximum Gasteiger partial charge on any atom is 0.269 e. The number of hydrogen-bond donors (Lipinski definition) is 1. The van der Waals surface area contributed by atoms with Crippen molar-refractivity contribution in [1.82, 2.24) is 9.80 Å². The SMILES string of the molecule is CCc1ccccc1NC(=O)CN1CCN(C(=O)Cc2ccc([N+](=O)[O-])cc2)CC1. The van der Waals surface area contributed by atoms with Crippen molar-refractivity contribution in [3.63, 3.8) is 0 Å². The van der Waals surface area contributed by atoms with Gasteiger partial charge in [-0.2, -0.15) is 0 Å². The van der Waals surface area contributed by atoms with Crippen LogP contribution in [-0.2, 0) is 22.4 Å². The van der Waals surface area contributed by atoms with Gasteiger partial charge in [0.15, 0.2) is 0 Å². The first-order valence-corrected chi connectivity index (χ1v) is 10.1. The summed E-state index contributed by atoms with van der Waals surface area (Å²) in [6.07, 6.45) is 1.07. The van der Waals surface area contributed by atoms with E-state index < -0.39 is 4.92 Å². The van der Waals surface area contributed by atoms with Gasteiger partial charge in [0, 0.05) is 44.0 Å². The maximum absolute atomic E-state index is 12.5. The van der Waals surface area contributed by atoms with Gasteiger partial charge >= 0.3 is 0 Å². The molecule has 0 radical (unpaired) electrons. The number of aryl methyl sites for hydroxylation is 1. The minimum atomic E-state index is -0.457. The van der Waals surface area contributed by atoms with Gasteiger partial charge in [-0.05, 0) is 23.6 Å². The van der Waals surface area contributed by atoms with E-state index in [2.05, 4.69) is 12.2 Å². The number of carbonyl (C=O) groups excluding carboxylic acids is 2. The fraction of sp³-hybridized carbons (Fsp3) is 0.364. The van der Waals surface area contributed by atoms with Crippen molar-refractivity contribution in [1.29, 1.82) is 0 Å². The predicted octanol–water partition coefficient (Wildman–Crippen LogP) is 2.48. The topological polar surface area (TPSA) is 95.8 Å². The monoisotopic (exact) mass is 410 g/mol. The Balaban J connectivity index is 1.45. The van der Waals surface area contributed by atoms with Crippen LogP contribution in [0.15, 0.2) is 48.5 Å². The summed E-state index contributed by atoms with van der Waals surface area (Å²) in [5.74, 6) is -0.0635. The average Bonchev–Trinajstić information content (AvgIpc) is 2.75. The van der Waals surface area contributed by atoms with E-state index in [-0.39, 0.29) is 23.9 Å². The molecular weight excluding hydrogens is 384 g/mol. The fourth-order valence-electron chi connectivity index (χ4n) is 3.52. The van der Waals surface area contributed by atoms with Crippen molar-refractivity contribution < 1.29 is 14.5 Å². The van der Waals surface area contributed by atoms with Gasteiger partial charge in [-0.25, -0.2) is 0 Å². The van der Waals surface area contributed by atoms with Crippen molar-refractivity contribution in [2.45, 2.75) is 19.8 Å². The first-order chi connectivity index (χ1) is 14.5. The van der Waals surface area contributed by atoms with Gasteiger partial charge in [0.05, 0.1) is 17.9 Å². The maximum atomic E-state index is 12.5. The molecule has 0 aliphatic carbocycles. The predicted molar refractivity (Wildman–Crippen MR) is 114 cm³/mol. The molecule has 1 saturated heterocycles. The average molecular weight is 410 g/mol. The second-order valence-electron chi connectivity index (χ2n) is 7.32. The second kappa shape index (κ2) is 9.98. The number of carbonyl (C=O) groups is 2. The van der Waals surface area contributed by atoms with Gasteiger partial charge in [0.1, 0.15) is 0 Å². The summed E-state index contributed by atoms with van der Waals surface area (Å²) >= 11 is 0. The van der Waals surface area contributed by atoms with Crippen LogP contribution in [0.25, 0.3) is 0 Å². The van der Waals surface area contributed by atoms with E-state index in [1.54, 1.807) is 17.0 Å². The summed E-state index contributed by atoms with van der Waals surface area (Å²) in [5, 5.41) is 13.7. The Bertz CT molecular complexity index is 906. The number of nitro benzene ring substituents is 1. The molecule has 3 rings (SSSR count). The zero-order chi connectivity index (χ0) is 21.5. The van der Waals surface area contributed by atoms with Gasteiger partial charge in [-0.15, -0.1) is 0 Å². The van der Waals surface area contributed by atoms with Crippen LogP contribution in [0.3, 0.4) is 0 Å². The third-order valence-corrected chi connectivity index (χ3v) is 5.27. The van der Waals surface area contributed by atoms with E-state index in [9.17, 15) is 19.7 Å². The number of rotatable bonds is 7. The minimum Gasteiger partial charge on any atom is -0.340 e. The lowest BCUT2D eigenvalue weighted by Gasteiger charge is -2.34. The molecule has 1 heterocycles. The third kappa shape index (κ3) is 5.64. The quantitative estimate of drug-likeness (QED) is 0.559. The Hall–Kier alpha value is -3.26. The second-order valence-corrected chi connectivity index (χ2v) is 7.32. The molecule has 158 valence electrons. The van der Waals surface area contributed by atoms with Crippen LogP contribution in [0.5, 0.6) is 0 Å². The molecule has 0 atom stereocenters. The standard InChI is InChI=1S/C22H26N4O4/c1-2-18-5-3-4-6-20(18)23-21(27)16-24-11-13-25(14-12-24)22(28)15-17-7-9-19(10-8-17)26(29)30/h3-10H,2,11-16H2,1H3,(H,23,27). The summed E-state index contributed by atoms with van der Waals surface area (Å²) in [7, 11) is 0. The molecule has 2 aromatic carbocycles. The summed E-state index contributed by atoms with van der Waals surface area (Å²) < 4.78 is 0. The third-order valence-electron chi connectivity index (χ3n) is 5.27. The minimum absolute atomic E-state index is 0.00942. The van der Waals surface area contributed by atoms with Crippen LogP contribution in [0.4, 0.5) is 11.4 Å². The van der Waals surface area contributed by atoms with Gasteiger partial charge in [-0.1, -0.05) is 37.3 Å². The van der Waals surface area contributed by atoms with Gasteiger partial charge < -0.3 is 10.2 Å². The molecule has 0 saturated carbocycles. The van der Waals surface area contributed by atoms with Gasteiger partial charge in [0.2, 0.25) is 11.8 Å². The summed E-state index contributed by atoms with van der Waals surface area (Å²) in [5.41, 5.74) is 2.72. The first kappa shape index (κ1) is 21.4. The van der Waals surface area contributed by atoms with E-state index in [0.717, 1.165) is 23.2 Å². The molecule has 0 bridgehead atoms. The molecule has 8 nitrogen and oxygen atoms in total. The van der Waals surface area contributed by atoms with Crippen LogP contribution in [-0.4, -0.2) is 59.3 Å². The molecule has 1 aliphatic rings. The molecule has 8 heteroatoms. The number of benzene rings is 2. The Morgan fingerprint density at radius 3 is 2.33 bits per heavy atom. The van der Waals surface area contributed by atoms with Gasteiger partial charge in [0.25, 0.3) is 5.69 Å². The summed E-state index contributed by atoms with van der Waals surface area (Å²) in [4.78, 5) is 39.0. The Morgan fingerprint density at radius 2 is 1.70 bits per heavy atom. The van der Waals surface area contributed by atoms with E-state index in [1.807, 2.05) is 29.2 Å². The van der Waals surface area contributed by atoms with Crippen LogP contribution >= 0.6 is 0 Å². The highest BCUT2D eigenvalue weighted by Gasteiger charge is 2.23. The molecule has 1 aliphatic heterocycles. The highest BCUT2D eigenvalue weighted by Crippen LogP contribution is 2.16. The van der Waals surface area contributed by atoms with Crippen molar-refractivity contribution in [3.8, 4) is 0 Å². The number of nitrogens with zero attached hydrogens (tertiary/aromatic N) is 3. The number of anilines is 1. The van der Waals surface area contributed by atoms with Gasteiger partial charge in [-0.3, -0.25) is 24.6 Å². The lowest BCUT2D eigenvalue weighted by Crippen LogP contribution is -2.50. The van der Waals surface area contributed by atoms with Crippen molar-refractivity contribution in [2.75, 3.05) is 38.0 Å². The first-order valence-electron chi connectivity index (χ1n) is 10.1. The summed E-state index contributed by atoms with van der Waals surface area (Å²) in [6.45, 7) is 4.74. The van der Waals surface area contributed by atoms with Crippen molar-refractivity contribution >= 4 is 23.2 Å². The van der Waals surface area contributed by atoms with Crippen LogP contribution in [0, 0.1) is 10.1 Å². The zero-order valence-electron chi connectivity index (χ0n) is 17.0. The number of non-ortho nitro benzene ring substituents is 1. The van der Waals surface area contributed by atoms with E-state index in [0.29, 0.717) is 32.7 Å². The number of piperazine rings is 1. The van der Waals surface area contributed by atoms with Crippen molar-refractivity contribution in [3.05, 3.63) is 69.8 Å². The lowest BCUT2D eigenvalue weighted by atomic mass is 10.1. The van der Waals surface area contributed by atoms with E-state index >= 15 is 0 Å². The molecule has 1 N–H and O–H groups in total. The molecular formula is C22H26N4O4. The number of amides is 2. The number of hydrogen-bond acceptors (Lipinski definition) is 5. The van der Waals surface area contributed by atoms with Crippen molar-refractivity contribution in [2.24, 2.45) is 0 Å². The Morgan fingerprint density at radius 1 is 1.03 bits per heavy atom. The van der Waals surface area contributed by atoms with Crippen LogP contribution in [0.1, 0.15) is 18.1 Å². The molecule has 2 amide bonds. The van der Waals surface area contributed by atoms with E-state index in [4.69, 9.17) is 0 Å². The molecule has 30 heavy (non-hydrogen) atoms. The largest absolute Gasteiger partial charge is 0.340 e. The highest BCUT2D eigenvalue weighted by atomic mass is 16.6. The smallest absolute Gasteiger partial charge is 0.269 e. The lowest BCUT2D eigenvalue weighted by molar-refractivity contribution is -0.384. The Labute approximate surface area is 175 Å². The summed E-state index contributed by atoms with van der Waals surface area (Å²) in [6, 6.07) is 13.8. The normalized spacial score (nSPS) is 14.4. The molecule has 0 unspecified atom stereocenters.